The van der Waals surface area contributed by atoms with Crippen LogP contribution in [0.2, 0.25) is 0 Å². The maximum atomic E-state index is 13.3. The molecule has 3 rings (SSSR count). The largest absolute Gasteiger partial charge is 0.340 e. The average Bonchev–Trinajstić information content (AvgIpc) is 3.24. The first-order valence-corrected chi connectivity index (χ1v) is 8.03. The van der Waals surface area contributed by atoms with Crippen LogP contribution in [-0.2, 0) is 9.59 Å². The first-order valence-electron chi connectivity index (χ1n) is 6.95. The monoisotopic (exact) mass is 402 g/mol. The topological polar surface area (TPSA) is 49.4 Å². The van der Waals surface area contributed by atoms with Gasteiger partial charge in [0, 0.05) is 3.57 Å². The summed E-state index contributed by atoms with van der Waals surface area (Å²) in [5, 5.41) is 2.88. The molecule has 6 heteroatoms. The van der Waals surface area contributed by atoms with E-state index in [2.05, 4.69) is 5.32 Å². The third kappa shape index (κ3) is 2.33. The minimum Gasteiger partial charge on any atom is -0.340 e. The summed E-state index contributed by atoms with van der Waals surface area (Å²) >= 11 is 1.99. The van der Waals surface area contributed by atoms with Crippen molar-refractivity contribution in [1.82, 2.24) is 5.32 Å². The predicted octanol–water partition coefficient (Wildman–Crippen LogP) is 2.45. The molecule has 21 heavy (non-hydrogen) atoms. The van der Waals surface area contributed by atoms with Crippen LogP contribution in [0.3, 0.4) is 0 Å². The summed E-state index contributed by atoms with van der Waals surface area (Å²) in [6, 6.07) is 3.66. The Balaban J connectivity index is 2.05. The molecule has 0 aromatic heterocycles. The molecule has 2 fully saturated rings. The third-order valence-electron chi connectivity index (χ3n) is 4.38. The molecule has 2 aliphatic rings. The van der Waals surface area contributed by atoms with Gasteiger partial charge in [-0.05, 0) is 73.4 Å². The molecule has 1 aliphatic heterocycles. The van der Waals surface area contributed by atoms with Crippen LogP contribution in [0.4, 0.5) is 10.1 Å². The van der Waals surface area contributed by atoms with Gasteiger partial charge in [-0.1, -0.05) is 0 Å². The van der Waals surface area contributed by atoms with Gasteiger partial charge in [-0.3, -0.25) is 14.5 Å². The molecule has 1 heterocycles. The number of piperazine rings is 1. The van der Waals surface area contributed by atoms with Crippen LogP contribution in [0.25, 0.3) is 0 Å². The van der Waals surface area contributed by atoms with Crippen LogP contribution in [-0.4, -0.2) is 23.4 Å². The van der Waals surface area contributed by atoms with Gasteiger partial charge in [-0.25, -0.2) is 4.39 Å². The van der Waals surface area contributed by atoms with E-state index in [1.54, 1.807) is 19.9 Å². The van der Waals surface area contributed by atoms with Crippen LogP contribution >= 0.6 is 22.6 Å². The number of benzene rings is 1. The Morgan fingerprint density at radius 2 is 2.05 bits per heavy atom. The molecule has 2 atom stereocenters. The Morgan fingerprint density at radius 1 is 1.38 bits per heavy atom. The maximum Gasteiger partial charge on any atom is 0.253 e. The van der Waals surface area contributed by atoms with Crippen molar-refractivity contribution in [3.05, 3.63) is 27.6 Å². The second-order valence-electron chi connectivity index (χ2n) is 5.91. The first-order chi connectivity index (χ1) is 9.84. The number of carbonyl (C=O) groups is 2. The van der Waals surface area contributed by atoms with Crippen molar-refractivity contribution in [3.63, 3.8) is 0 Å². The number of nitrogens with one attached hydrogen (secondary N) is 1. The van der Waals surface area contributed by atoms with Crippen molar-refractivity contribution in [3.8, 4) is 0 Å². The second-order valence-corrected chi connectivity index (χ2v) is 7.07. The summed E-state index contributed by atoms with van der Waals surface area (Å²) in [7, 11) is 0. The zero-order chi connectivity index (χ0) is 15.4. The molecule has 1 aromatic rings. The normalized spacial score (nSPS) is 29.5. The van der Waals surface area contributed by atoms with Crippen LogP contribution in [0.15, 0.2) is 18.2 Å². The third-order valence-corrected chi connectivity index (χ3v) is 5.24. The number of nitrogens with zero attached hydrogens (tertiary/aromatic N) is 1. The summed E-state index contributed by atoms with van der Waals surface area (Å²) in [5.74, 6) is -0.428. The molecular weight excluding hydrogens is 386 g/mol. The molecular formula is C15H16FIN2O2. The molecule has 1 saturated heterocycles. The van der Waals surface area contributed by atoms with E-state index in [1.165, 1.54) is 17.0 Å². The SMILES string of the molecule is CC1C(=O)NC(C)(C2CC2)C(=O)N1c1ccc(F)cc1I. The molecule has 4 nitrogen and oxygen atoms in total. The molecule has 2 unspecified atom stereocenters. The van der Waals surface area contributed by atoms with Gasteiger partial charge in [0.1, 0.15) is 17.4 Å². The summed E-state index contributed by atoms with van der Waals surface area (Å²) in [5.41, 5.74) is -0.252. The predicted molar refractivity (Wildman–Crippen MR) is 85.3 cm³/mol. The maximum absolute atomic E-state index is 13.3. The number of amides is 2. The van der Waals surface area contributed by atoms with E-state index in [9.17, 15) is 14.0 Å². The lowest BCUT2D eigenvalue weighted by molar-refractivity contribution is -0.138. The second kappa shape index (κ2) is 4.93. The highest BCUT2D eigenvalue weighted by molar-refractivity contribution is 14.1. The fourth-order valence-electron chi connectivity index (χ4n) is 2.89. The summed E-state index contributed by atoms with van der Waals surface area (Å²) in [6.07, 6.45) is 1.90. The number of carbonyl (C=O) groups excluding carboxylic acids is 2. The zero-order valence-corrected chi connectivity index (χ0v) is 14.0. The summed E-state index contributed by atoms with van der Waals surface area (Å²) in [6.45, 7) is 3.49. The van der Waals surface area contributed by atoms with E-state index in [4.69, 9.17) is 0 Å². The van der Waals surface area contributed by atoms with E-state index >= 15 is 0 Å². The van der Waals surface area contributed by atoms with Crippen molar-refractivity contribution in [2.45, 2.75) is 38.3 Å². The summed E-state index contributed by atoms with van der Waals surface area (Å²) < 4.78 is 13.9. The minimum absolute atomic E-state index is 0.110. The smallest absolute Gasteiger partial charge is 0.253 e. The van der Waals surface area contributed by atoms with E-state index < -0.39 is 11.6 Å². The van der Waals surface area contributed by atoms with Crippen LogP contribution in [0.1, 0.15) is 26.7 Å². The van der Waals surface area contributed by atoms with Gasteiger partial charge in [0.25, 0.3) is 5.91 Å². The number of hydrogen-bond acceptors (Lipinski definition) is 2. The van der Waals surface area contributed by atoms with Gasteiger partial charge >= 0.3 is 0 Å². The fourth-order valence-corrected chi connectivity index (χ4v) is 3.63. The molecule has 1 aromatic carbocycles. The molecule has 112 valence electrons. The van der Waals surface area contributed by atoms with Gasteiger partial charge in [0.15, 0.2) is 0 Å². The quantitative estimate of drug-likeness (QED) is 0.773. The van der Waals surface area contributed by atoms with Crippen LogP contribution in [0, 0.1) is 15.3 Å². The Labute approximate surface area is 136 Å². The molecule has 0 spiro atoms. The lowest BCUT2D eigenvalue weighted by Gasteiger charge is -2.43. The molecule has 0 bridgehead atoms. The molecule has 1 N–H and O–H groups in total. The van der Waals surface area contributed by atoms with Gasteiger partial charge in [-0.15, -0.1) is 0 Å². The fraction of sp³-hybridized carbons (Fsp3) is 0.467. The van der Waals surface area contributed by atoms with Crippen molar-refractivity contribution in [2.24, 2.45) is 5.92 Å². The van der Waals surface area contributed by atoms with Gasteiger partial charge in [0.2, 0.25) is 5.91 Å². The highest BCUT2D eigenvalue weighted by Crippen LogP contribution is 2.43. The minimum atomic E-state index is -0.846. The van der Waals surface area contributed by atoms with Gasteiger partial charge in [0.05, 0.1) is 5.69 Å². The lowest BCUT2D eigenvalue weighted by Crippen LogP contribution is -2.70. The van der Waals surface area contributed by atoms with Crippen molar-refractivity contribution >= 4 is 40.1 Å². The molecule has 0 radical (unpaired) electrons. The Morgan fingerprint density at radius 3 is 2.62 bits per heavy atom. The highest BCUT2D eigenvalue weighted by Gasteiger charge is 2.55. The van der Waals surface area contributed by atoms with Gasteiger partial charge < -0.3 is 5.32 Å². The Kier molecular flexibility index (Phi) is 3.46. The molecule has 1 aliphatic carbocycles. The Hall–Kier alpha value is -1.18. The van der Waals surface area contributed by atoms with Crippen molar-refractivity contribution < 1.29 is 14.0 Å². The van der Waals surface area contributed by atoms with E-state index in [-0.39, 0.29) is 23.5 Å². The van der Waals surface area contributed by atoms with E-state index in [1.807, 2.05) is 22.6 Å². The number of hydrogen-bond donors (Lipinski definition) is 1. The summed E-state index contributed by atoms with van der Waals surface area (Å²) in [4.78, 5) is 26.7. The Bertz CT molecular complexity index is 632. The van der Waals surface area contributed by atoms with Crippen molar-refractivity contribution in [2.75, 3.05) is 4.90 Å². The highest BCUT2D eigenvalue weighted by atomic mass is 127. The zero-order valence-electron chi connectivity index (χ0n) is 11.8. The van der Waals surface area contributed by atoms with Crippen LogP contribution in [0.5, 0.6) is 0 Å². The van der Waals surface area contributed by atoms with E-state index in [0.29, 0.717) is 9.26 Å². The standard InChI is InChI=1S/C15H16FIN2O2/c1-8-13(20)18-15(2,9-3-4-9)14(21)19(8)12-6-5-10(16)7-11(12)17/h5-9H,3-4H2,1-2H3,(H,18,20). The van der Waals surface area contributed by atoms with E-state index in [0.717, 1.165) is 12.8 Å². The van der Waals surface area contributed by atoms with Crippen LogP contribution < -0.4 is 10.2 Å². The number of anilines is 1. The van der Waals surface area contributed by atoms with Crippen molar-refractivity contribution in [1.29, 1.82) is 0 Å². The number of halogens is 2. The lowest BCUT2D eigenvalue weighted by atomic mass is 9.89. The molecule has 1 saturated carbocycles. The average molecular weight is 402 g/mol. The number of rotatable bonds is 2. The van der Waals surface area contributed by atoms with Gasteiger partial charge in [-0.2, -0.15) is 0 Å². The molecule has 2 amide bonds. The first kappa shape index (κ1) is 14.7.